The highest BCUT2D eigenvalue weighted by Crippen LogP contribution is 2.29. The Kier molecular flexibility index (Phi) is 6.76. The van der Waals surface area contributed by atoms with Crippen LogP contribution >= 0.6 is 23.1 Å². The molecule has 0 bridgehead atoms. The topological polar surface area (TPSA) is 89.0 Å². The quantitative estimate of drug-likeness (QED) is 0.555. The fourth-order valence-electron chi connectivity index (χ4n) is 1.80. The predicted octanol–water partition coefficient (Wildman–Crippen LogP) is 2.98. The highest BCUT2D eigenvalue weighted by Gasteiger charge is 2.19. The van der Waals surface area contributed by atoms with Crippen molar-refractivity contribution >= 4 is 44.0 Å². The van der Waals surface area contributed by atoms with Gasteiger partial charge in [0.2, 0.25) is 11.0 Å². The molecule has 0 radical (unpaired) electrons. The van der Waals surface area contributed by atoms with E-state index in [0.29, 0.717) is 15.9 Å². The van der Waals surface area contributed by atoms with Gasteiger partial charge in [-0.1, -0.05) is 67.3 Å². The lowest BCUT2D eigenvalue weighted by molar-refractivity contribution is -0.113. The third-order valence-electron chi connectivity index (χ3n) is 3.11. The van der Waals surface area contributed by atoms with E-state index < -0.39 is 21.5 Å². The summed E-state index contributed by atoms with van der Waals surface area (Å²) in [5.41, 5.74) is 0.661. The smallest absolute Gasteiger partial charge is 0.241 e. The van der Waals surface area contributed by atoms with Crippen molar-refractivity contribution in [2.75, 3.05) is 11.1 Å². The zero-order chi connectivity index (χ0) is 17.6. The van der Waals surface area contributed by atoms with Gasteiger partial charge >= 0.3 is 0 Å². The minimum Gasteiger partial charge on any atom is -0.300 e. The van der Waals surface area contributed by atoms with Crippen LogP contribution in [0.25, 0.3) is 0 Å². The molecule has 0 spiro atoms. The normalized spacial score (nSPS) is 12.8. The number of nitrogens with one attached hydrogen (secondary N) is 1. The van der Waals surface area contributed by atoms with E-state index in [1.165, 1.54) is 11.3 Å². The van der Waals surface area contributed by atoms with E-state index in [1.54, 1.807) is 36.0 Å². The van der Waals surface area contributed by atoms with Crippen LogP contribution < -0.4 is 5.32 Å². The summed E-state index contributed by atoms with van der Waals surface area (Å²) in [6, 6.07) is 8.79. The van der Waals surface area contributed by atoms with Gasteiger partial charge in [0.05, 0.1) is 5.75 Å². The van der Waals surface area contributed by atoms with Gasteiger partial charge in [0.15, 0.2) is 14.2 Å². The number of amides is 1. The summed E-state index contributed by atoms with van der Waals surface area (Å²) >= 11 is 2.83. The van der Waals surface area contributed by atoms with Crippen LogP contribution in [0.3, 0.4) is 0 Å². The standard InChI is InChI=1S/C15H19N3O3S3/c1-3-11(2)22-15-18-17-14(23-15)16-13(19)10-24(20,21)9-12-7-5-4-6-8-12/h4-8,11H,3,9-10H2,1-2H3,(H,16,17,19)/t11-/m0/s1. The summed E-state index contributed by atoms with van der Waals surface area (Å²) in [6.07, 6.45) is 1.00. The van der Waals surface area contributed by atoms with Crippen molar-refractivity contribution in [1.29, 1.82) is 0 Å². The number of thioether (sulfide) groups is 1. The molecule has 1 heterocycles. The number of hydrogen-bond donors (Lipinski definition) is 1. The zero-order valence-electron chi connectivity index (χ0n) is 13.4. The molecule has 1 aromatic carbocycles. The number of benzene rings is 1. The Labute approximate surface area is 150 Å². The Balaban J connectivity index is 1.90. The molecule has 9 heteroatoms. The lowest BCUT2D eigenvalue weighted by Crippen LogP contribution is -2.23. The van der Waals surface area contributed by atoms with E-state index in [1.807, 2.05) is 6.07 Å². The summed E-state index contributed by atoms with van der Waals surface area (Å²) in [5.74, 6) is -1.33. The summed E-state index contributed by atoms with van der Waals surface area (Å²) in [4.78, 5) is 11.9. The maximum atomic E-state index is 12.1. The van der Waals surface area contributed by atoms with Gasteiger partial charge in [-0.2, -0.15) is 0 Å². The van der Waals surface area contributed by atoms with E-state index >= 15 is 0 Å². The number of rotatable bonds is 8. The lowest BCUT2D eigenvalue weighted by Gasteiger charge is -2.04. The Morgan fingerprint density at radius 2 is 2.00 bits per heavy atom. The summed E-state index contributed by atoms with van der Waals surface area (Å²) in [5, 5.41) is 11.1. The Morgan fingerprint density at radius 1 is 1.29 bits per heavy atom. The molecule has 2 aromatic rings. The molecule has 1 aromatic heterocycles. The second-order valence-corrected chi connectivity index (χ2v) is 10.0. The number of hydrogen-bond acceptors (Lipinski definition) is 7. The van der Waals surface area contributed by atoms with Gasteiger partial charge in [0, 0.05) is 5.25 Å². The van der Waals surface area contributed by atoms with E-state index in [-0.39, 0.29) is 5.75 Å². The Hall–Kier alpha value is -1.45. The summed E-state index contributed by atoms with van der Waals surface area (Å²) < 4.78 is 24.9. The van der Waals surface area contributed by atoms with E-state index in [0.717, 1.165) is 10.8 Å². The van der Waals surface area contributed by atoms with Crippen molar-refractivity contribution in [2.24, 2.45) is 0 Å². The molecule has 0 aliphatic rings. The highest BCUT2D eigenvalue weighted by atomic mass is 32.2. The largest absolute Gasteiger partial charge is 0.300 e. The van der Waals surface area contributed by atoms with Crippen molar-refractivity contribution in [3.8, 4) is 0 Å². The maximum absolute atomic E-state index is 12.1. The second kappa shape index (κ2) is 8.59. The molecular weight excluding hydrogens is 366 g/mol. The minimum atomic E-state index is -3.53. The molecule has 0 aliphatic carbocycles. The van der Waals surface area contributed by atoms with Gasteiger partial charge in [0.1, 0.15) is 5.75 Å². The minimum absolute atomic E-state index is 0.160. The first-order valence-corrected chi connectivity index (χ1v) is 10.9. The van der Waals surface area contributed by atoms with Crippen LogP contribution in [0, 0.1) is 0 Å². The lowest BCUT2D eigenvalue weighted by atomic mass is 10.2. The monoisotopic (exact) mass is 385 g/mol. The zero-order valence-corrected chi connectivity index (χ0v) is 15.9. The highest BCUT2D eigenvalue weighted by molar-refractivity contribution is 8.01. The van der Waals surface area contributed by atoms with Gasteiger partial charge in [-0.3, -0.25) is 10.1 Å². The molecule has 0 saturated carbocycles. The van der Waals surface area contributed by atoms with E-state index in [9.17, 15) is 13.2 Å². The molecule has 2 rings (SSSR count). The maximum Gasteiger partial charge on any atom is 0.241 e. The molecule has 6 nitrogen and oxygen atoms in total. The molecule has 0 saturated heterocycles. The van der Waals surface area contributed by atoms with Crippen LogP contribution in [-0.4, -0.2) is 35.5 Å². The number of sulfone groups is 1. The first kappa shape index (κ1) is 18.9. The van der Waals surface area contributed by atoms with Crippen molar-refractivity contribution in [2.45, 2.75) is 35.6 Å². The fourth-order valence-corrected chi connectivity index (χ4v) is 5.09. The first-order chi connectivity index (χ1) is 11.4. The Bertz CT molecular complexity index is 776. The van der Waals surface area contributed by atoms with Gasteiger partial charge in [-0.05, 0) is 12.0 Å². The van der Waals surface area contributed by atoms with Gasteiger partial charge in [-0.15, -0.1) is 10.2 Å². The van der Waals surface area contributed by atoms with Crippen molar-refractivity contribution in [3.63, 3.8) is 0 Å². The van der Waals surface area contributed by atoms with Gasteiger partial charge in [-0.25, -0.2) is 8.42 Å². The SMILES string of the molecule is CC[C@H](C)Sc1nnc(NC(=O)CS(=O)(=O)Cc2ccccc2)s1. The number of carbonyl (C=O) groups is 1. The molecule has 24 heavy (non-hydrogen) atoms. The number of aromatic nitrogens is 2. The van der Waals surface area contributed by atoms with E-state index in [4.69, 9.17) is 0 Å². The molecule has 1 amide bonds. The van der Waals surface area contributed by atoms with Crippen LogP contribution in [0.4, 0.5) is 5.13 Å². The summed E-state index contributed by atoms with van der Waals surface area (Å²) in [6.45, 7) is 4.17. The molecular formula is C15H19N3O3S3. The van der Waals surface area contributed by atoms with Crippen LogP contribution in [0.2, 0.25) is 0 Å². The molecule has 0 aliphatic heterocycles. The van der Waals surface area contributed by atoms with Crippen molar-refractivity contribution in [1.82, 2.24) is 10.2 Å². The third kappa shape index (κ3) is 6.21. The third-order valence-corrected chi connectivity index (χ3v) is 6.78. The van der Waals surface area contributed by atoms with Gasteiger partial charge < -0.3 is 0 Å². The molecule has 130 valence electrons. The Morgan fingerprint density at radius 3 is 2.67 bits per heavy atom. The van der Waals surface area contributed by atoms with Crippen molar-refractivity contribution < 1.29 is 13.2 Å². The molecule has 0 fully saturated rings. The first-order valence-electron chi connectivity index (χ1n) is 7.42. The number of nitrogens with zero attached hydrogens (tertiary/aromatic N) is 2. The average Bonchev–Trinajstić information content (AvgIpc) is 2.93. The van der Waals surface area contributed by atoms with Crippen LogP contribution in [-0.2, 0) is 20.4 Å². The van der Waals surface area contributed by atoms with Crippen molar-refractivity contribution in [3.05, 3.63) is 35.9 Å². The molecule has 1 N–H and O–H groups in total. The average molecular weight is 386 g/mol. The van der Waals surface area contributed by atoms with Crippen LogP contribution in [0.5, 0.6) is 0 Å². The molecule has 1 atom stereocenters. The summed E-state index contributed by atoms with van der Waals surface area (Å²) in [7, 11) is -3.53. The van der Waals surface area contributed by atoms with E-state index in [2.05, 4.69) is 29.4 Å². The fraction of sp³-hybridized carbons (Fsp3) is 0.400. The predicted molar refractivity (Wildman–Crippen MR) is 98.1 cm³/mol. The van der Waals surface area contributed by atoms with Gasteiger partial charge in [0.25, 0.3) is 0 Å². The number of carbonyl (C=O) groups excluding carboxylic acids is 1. The van der Waals surface area contributed by atoms with Crippen LogP contribution in [0.15, 0.2) is 34.7 Å². The van der Waals surface area contributed by atoms with Crippen LogP contribution in [0.1, 0.15) is 25.8 Å². The second-order valence-electron chi connectivity index (χ2n) is 5.28. The number of anilines is 1. The molecule has 0 unspecified atom stereocenters.